The average molecular weight is 487 g/mol. The molecule has 5 rings (SSSR count). The summed E-state index contributed by atoms with van der Waals surface area (Å²) in [6, 6.07) is 9.42. The summed E-state index contributed by atoms with van der Waals surface area (Å²) in [6.07, 6.45) is 8.67. The van der Waals surface area contributed by atoms with Crippen LogP contribution in [0.4, 0.5) is 5.82 Å². The first kappa shape index (κ1) is 23.7. The molecule has 1 aromatic carbocycles. The van der Waals surface area contributed by atoms with E-state index in [4.69, 9.17) is 0 Å². The van der Waals surface area contributed by atoms with Crippen LogP contribution in [0, 0.1) is 11.8 Å². The number of carboxylic acid groups (broad SMARTS) is 1. The SMILES string of the molecule is CC(C)N(c1nn(-c2ccc(-c3cnc4[nH]ncc4c3)cc2)cc1C(=O)O)C(=O)[C@H]1CC[C@H](C)CC1. The van der Waals surface area contributed by atoms with Gasteiger partial charge in [0.2, 0.25) is 5.91 Å². The topological polar surface area (TPSA) is 117 Å². The molecule has 186 valence electrons. The van der Waals surface area contributed by atoms with Crippen LogP contribution in [0.5, 0.6) is 0 Å². The lowest BCUT2D eigenvalue weighted by Crippen LogP contribution is -2.43. The van der Waals surface area contributed by atoms with Gasteiger partial charge in [-0.15, -0.1) is 5.10 Å². The first-order chi connectivity index (χ1) is 17.3. The van der Waals surface area contributed by atoms with Gasteiger partial charge in [0.05, 0.1) is 11.9 Å². The van der Waals surface area contributed by atoms with E-state index in [-0.39, 0.29) is 29.2 Å². The number of rotatable bonds is 6. The molecule has 9 nitrogen and oxygen atoms in total. The Morgan fingerprint density at radius 2 is 1.81 bits per heavy atom. The van der Waals surface area contributed by atoms with Gasteiger partial charge >= 0.3 is 5.97 Å². The lowest BCUT2D eigenvalue weighted by molar-refractivity contribution is -0.124. The van der Waals surface area contributed by atoms with Gasteiger partial charge in [-0.3, -0.25) is 14.8 Å². The van der Waals surface area contributed by atoms with Gasteiger partial charge in [-0.1, -0.05) is 19.1 Å². The van der Waals surface area contributed by atoms with E-state index in [0.29, 0.717) is 11.6 Å². The lowest BCUT2D eigenvalue weighted by atomic mass is 9.82. The molecule has 0 saturated heterocycles. The molecule has 0 aliphatic heterocycles. The molecule has 9 heteroatoms. The highest BCUT2D eigenvalue weighted by Crippen LogP contribution is 2.33. The highest BCUT2D eigenvalue weighted by atomic mass is 16.4. The van der Waals surface area contributed by atoms with E-state index in [2.05, 4.69) is 27.2 Å². The van der Waals surface area contributed by atoms with Gasteiger partial charge in [0, 0.05) is 35.3 Å². The van der Waals surface area contributed by atoms with Gasteiger partial charge in [0.25, 0.3) is 0 Å². The van der Waals surface area contributed by atoms with Crippen molar-refractivity contribution in [3.63, 3.8) is 0 Å². The second-order valence-corrected chi connectivity index (χ2v) is 9.95. The molecule has 3 heterocycles. The Balaban J connectivity index is 1.46. The molecular formula is C27H30N6O3. The molecule has 1 fully saturated rings. The Labute approximate surface area is 209 Å². The van der Waals surface area contributed by atoms with Gasteiger partial charge in [-0.25, -0.2) is 14.5 Å². The summed E-state index contributed by atoms with van der Waals surface area (Å²) in [5, 5.41) is 22.3. The highest BCUT2D eigenvalue weighted by Gasteiger charge is 2.34. The van der Waals surface area contributed by atoms with E-state index >= 15 is 0 Å². The van der Waals surface area contributed by atoms with E-state index in [9.17, 15) is 14.7 Å². The second-order valence-electron chi connectivity index (χ2n) is 9.95. The summed E-state index contributed by atoms with van der Waals surface area (Å²) in [5.74, 6) is -0.434. The number of fused-ring (bicyclic) bond motifs is 1. The number of nitrogens with zero attached hydrogens (tertiary/aromatic N) is 5. The van der Waals surface area contributed by atoms with Crippen molar-refractivity contribution in [2.45, 2.75) is 52.5 Å². The molecule has 1 amide bonds. The minimum Gasteiger partial charge on any atom is -0.477 e. The number of aromatic carboxylic acids is 1. The number of anilines is 1. The molecule has 1 saturated carbocycles. The standard InChI is InChI=1S/C27H30N6O3/c1-16(2)33(26(34)19-6-4-17(3)5-7-19)25-23(27(35)36)15-32(31-25)22-10-8-18(9-11-22)20-12-21-14-29-30-24(21)28-13-20/h8-17,19H,4-7H2,1-3H3,(H,35,36)(H,28,29,30)/t17-,19-. The lowest BCUT2D eigenvalue weighted by Gasteiger charge is -2.32. The molecule has 1 aliphatic rings. The molecule has 0 atom stereocenters. The molecular weight excluding hydrogens is 456 g/mol. The Morgan fingerprint density at radius 1 is 1.08 bits per heavy atom. The van der Waals surface area contributed by atoms with Crippen molar-refractivity contribution in [2.75, 3.05) is 4.90 Å². The van der Waals surface area contributed by atoms with Crippen LogP contribution in [0.3, 0.4) is 0 Å². The Kier molecular flexibility index (Phi) is 6.30. The predicted molar refractivity (Wildman–Crippen MR) is 137 cm³/mol. The first-order valence-electron chi connectivity index (χ1n) is 12.4. The molecule has 2 N–H and O–H groups in total. The zero-order valence-electron chi connectivity index (χ0n) is 20.7. The van der Waals surface area contributed by atoms with E-state index in [1.54, 1.807) is 17.3 Å². The van der Waals surface area contributed by atoms with Gasteiger partial charge in [-0.05, 0) is 69.2 Å². The Bertz CT molecular complexity index is 1400. The molecule has 0 bridgehead atoms. The first-order valence-corrected chi connectivity index (χ1v) is 12.4. The van der Waals surface area contributed by atoms with Crippen LogP contribution in [0.15, 0.2) is 48.9 Å². The largest absolute Gasteiger partial charge is 0.477 e. The van der Waals surface area contributed by atoms with E-state index in [0.717, 1.165) is 47.8 Å². The maximum Gasteiger partial charge on any atom is 0.341 e. The number of aromatic amines is 1. The number of benzene rings is 1. The van der Waals surface area contributed by atoms with Gasteiger partial charge in [0.1, 0.15) is 5.56 Å². The zero-order valence-corrected chi connectivity index (χ0v) is 20.7. The van der Waals surface area contributed by atoms with E-state index in [1.165, 1.54) is 10.9 Å². The summed E-state index contributed by atoms with van der Waals surface area (Å²) in [5.41, 5.74) is 3.35. The predicted octanol–water partition coefficient (Wildman–Crippen LogP) is 5.08. The number of amides is 1. The quantitative estimate of drug-likeness (QED) is 0.393. The number of carbonyl (C=O) groups excluding carboxylic acids is 1. The monoisotopic (exact) mass is 486 g/mol. The fourth-order valence-corrected chi connectivity index (χ4v) is 4.93. The summed E-state index contributed by atoms with van der Waals surface area (Å²) in [7, 11) is 0. The van der Waals surface area contributed by atoms with Crippen molar-refractivity contribution < 1.29 is 14.7 Å². The van der Waals surface area contributed by atoms with Crippen molar-refractivity contribution in [3.05, 3.63) is 54.5 Å². The van der Waals surface area contributed by atoms with Crippen molar-refractivity contribution in [2.24, 2.45) is 11.8 Å². The van der Waals surface area contributed by atoms with E-state index < -0.39 is 5.97 Å². The Morgan fingerprint density at radius 3 is 2.47 bits per heavy atom. The highest BCUT2D eigenvalue weighted by molar-refractivity contribution is 6.01. The van der Waals surface area contributed by atoms with Crippen molar-refractivity contribution in [3.8, 4) is 16.8 Å². The van der Waals surface area contributed by atoms with E-state index in [1.807, 2.05) is 44.2 Å². The summed E-state index contributed by atoms with van der Waals surface area (Å²) in [6.45, 7) is 6.00. The Hall–Kier alpha value is -4.01. The van der Waals surface area contributed by atoms with Crippen LogP contribution < -0.4 is 4.90 Å². The molecule has 36 heavy (non-hydrogen) atoms. The third-order valence-electron chi connectivity index (χ3n) is 7.03. The van der Waals surface area contributed by atoms with Gasteiger partial charge in [-0.2, -0.15) is 5.10 Å². The van der Waals surface area contributed by atoms with Crippen molar-refractivity contribution >= 4 is 28.7 Å². The maximum absolute atomic E-state index is 13.5. The number of hydrogen-bond donors (Lipinski definition) is 2. The molecule has 4 aromatic rings. The molecule has 0 unspecified atom stereocenters. The maximum atomic E-state index is 13.5. The van der Waals surface area contributed by atoms with Crippen LogP contribution in [-0.2, 0) is 4.79 Å². The summed E-state index contributed by atoms with van der Waals surface area (Å²) < 4.78 is 1.53. The number of nitrogens with one attached hydrogen (secondary N) is 1. The fourth-order valence-electron chi connectivity index (χ4n) is 4.93. The van der Waals surface area contributed by atoms with Gasteiger partial charge in [0.15, 0.2) is 11.5 Å². The second kappa shape index (κ2) is 9.56. The summed E-state index contributed by atoms with van der Waals surface area (Å²) in [4.78, 5) is 31.6. The van der Waals surface area contributed by atoms with Crippen molar-refractivity contribution in [1.29, 1.82) is 0 Å². The third-order valence-corrected chi connectivity index (χ3v) is 7.03. The van der Waals surface area contributed by atoms with Crippen LogP contribution in [0.1, 0.15) is 56.8 Å². The number of hydrogen-bond acceptors (Lipinski definition) is 5. The van der Waals surface area contributed by atoms with Crippen LogP contribution in [-0.4, -0.2) is 48.0 Å². The third kappa shape index (κ3) is 4.48. The minimum atomic E-state index is -1.11. The minimum absolute atomic E-state index is 0.0138. The molecule has 0 spiro atoms. The number of pyridine rings is 1. The zero-order chi connectivity index (χ0) is 25.4. The average Bonchev–Trinajstić information content (AvgIpc) is 3.51. The van der Waals surface area contributed by atoms with Gasteiger partial charge < -0.3 is 5.11 Å². The summed E-state index contributed by atoms with van der Waals surface area (Å²) >= 11 is 0. The normalized spacial score (nSPS) is 18.0. The van der Waals surface area contributed by atoms with Crippen LogP contribution >= 0.6 is 0 Å². The molecule has 0 radical (unpaired) electrons. The molecule has 3 aromatic heterocycles. The number of carboxylic acids is 1. The number of H-pyrrole nitrogens is 1. The number of carbonyl (C=O) groups is 2. The van der Waals surface area contributed by atoms with Crippen LogP contribution in [0.2, 0.25) is 0 Å². The number of aromatic nitrogens is 5. The van der Waals surface area contributed by atoms with Crippen molar-refractivity contribution in [1.82, 2.24) is 25.0 Å². The van der Waals surface area contributed by atoms with Crippen LogP contribution in [0.25, 0.3) is 27.8 Å². The molecule has 1 aliphatic carbocycles. The fraction of sp³-hybridized carbons (Fsp3) is 0.370. The smallest absolute Gasteiger partial charge is 0.341 e.